The van der Waals surface area contributed by atoms with E-state index in [2.05, 4.69) is 10.6 Å². The van der Waals surface area contributed by atoms with Gasteiger partial charge in [0.1, 0.15) is 0 Å². The SMILES string of the molecule is CC(C)N(C)S(=O)(=O)c1ccc(NCC(=O)Nc2ccc(Cl)c(C(F)(F)F)c2)cc1. The highest BCUT2D eigenvalue weighted by molar-refractivity contribution is 7.89. The number of halogens is 4. The summed E-state index contributed by atoms with van der Waals surface area (Å²) in [4.78, 5) is 12.1. The largest absolute Gasteiger partial charge is 0.417 e. The van der Waals surface area contributed by atoms with E-state index in [1.807, 2.05) is 0 Å². The van der Waals surface area contributed by atoms with Crippen LogP contribution in [0.25, 0.3) is 0 Å². The second-order valence-corrected chi connectivity index (χ2v) is 9.14. The summed E-state index contributed by atoms with van der Waals surface area (Å²) in [5, 5.41) is 4.67. The van der Waals surface area contributed by atoms with Crippen LogP contribution in [0.2, 0.25) is 5.02 Å². The van der Waals surface area contributed by atoms with Gasteiger partial charge in [0.15, 0.2) is 0 Å². The Morgan fingerprint density at radius 2 is 1.67 bits per heavy atom. The molecule has 0 unspecified atom stereocenters. The number of anilines is 2. The van der Waals surface area contributed by atoms with Crippen LogP contribution in [-0.4, -0.2) is 38.3 Å². The number of benzene rings is 2. The molecule has 0 aliphatic rings. The zero-order valence-corrected chi connectivity index (χ0v) is 18.0. The zero-order valence-electron chi connectivity index (χ0n) is 16.4. The molecule has 6 nitrogen and oxygen atoms in total. The lowest BCUT2D eigenvalue weighted by Crippen LogP contribution is -2.33. The lowest BCUT2D eigenvalue weighted by molar-refractivity contribution is -0.137. The molecule has 0 saturated heterocycles. The third kappa shape index (κ3) is 5.87. The van der Waals surface area contributed by atoms with Gasteiger partial charge in [0.2, 0.25) is 15.9 Å². The van der Waals surface area contributed by atoms with E-state index in [9.17, 15) is 26.4 Å². The molecule has 0 aliphatic heterocycles. The van der Waals surface area contributed by atoms with Crippen LogP contribution in [0.15, 0.2) is 47.4 Å². The molecule has 2 N–H and O–H groups in total. The van der Waals surface area contributed by atoms with E-state index >= 15 is 0 Å². The molecule has 30 heavy (non-hydrogen) atoms. The van der Waals surface area contributed by atoms with Crippen molar-refractivity contribution in [3.8, 4) is 0 Å². The van der Waals surface area contributed by atoms with Gasteiger partial charge in [0.25, 0.3) is 0 Å². The topological polar surface area (TPSA) is 78.5 Å². The third-order valence-electron chi connectivity index (χ3n) is 4.27. The van der Waals surface area contributed by atoms with Gasteiger partial charge < -0.3 is 10.6 Å². The van der Waals surface area contributed by atoms with Crippen molar-refractivity contribution in [2.45, 2.75) is 31.0 Å². The van der Waals surface area contributed by atoms with Crippen LogP contribution in [-0.2, 0) is 21.0 Å². The molecule has 1 amide bonds. The Morgan fingerprint density at radius 3 is 2.20 bits per heavy atom. The Balaban J connectivity index is 2.01. The van der Waals surface area contributed by atoms with Crippen molar-refractivity contribution in [2.75, 3.05) is 24.2 Å². The average molecular weight is 464 g/mol. The summed E-state index contributed by atoms with van der Waals surface area (Å²) in [7, 11) is -2.14. The fourth-order valence-electron chi connectivity index (χ4n) is 2.40. The Labute approximate surface area is 178 Å². The van der Waals surface area contributed by atoms with Crippen LogP contribution in [0.1, 0.15) is 19.4 Å². The zero-order chi connectivity index (χ0) is 22.7. The first kappa shape index (κ1) is 24.0. The number of rotatable bonds is 7. The Bertz CT molecular complexity index is 1010. The molecule has 2 aromatic rings. The fraction of sp³-hybridized carbons (Fsp3) is 0.316. The molecule has 0 fully saturated rings. The number of alkyl halides is 3. The van der Waals surface area contributed by atoms with Crippen LogP contribution < -0.4 is 10.6 Å². The summed E-state index contributed by atoms with van der Waals surface area (Å²) < 4.78 is 64.8. The van der Waals surface area contributed by atoms with Crippen LogP contribution in [0.4, 0.5) is 24.5 Å². The van der Waals surface area contributed by atoms with E-state index in [0.717, 1.165) is 12.1 Å². The molecular weight excluding hydrogens is 443 g/mol. The molecule has 11 heteroatoms. The normalized spacial score (nSPS) is 12.3. The Morgan fingerprint density at radius 1 is 1.10 bits per heavy atom. The summed E-state index contributed by atoms with van der Waals surface area (Å²) in [5.74, 6) is -0.582. The van der Waals surface area contributed by atoms with Gasteiger partial charge >= 0.3 is 6.18 Å². The lowest BCUT2D eigenvalue weighted by atomic mass is 10.2. The minimum Gasteiger partial charge on any atom is -0.376 e. The number of nitrogens with one attached hydrogen (secondary N) is 2. The van der Waals surface area contributed by atoms with Crippen molar-refractivity contribution < 1.29 is 26.4 Å². The van der Waals surface area contributed by atoms with Crippen molar-refractivity contribution >= 4 is 38.9 Å². The Kier molecular flexibility index (Phi) is 7.38. The van der Waals surface area contributed by atoms with Crippen LogP contribution in [0.3, 0.4) is 0 Å². The van der Waals surface area contributed by atoms with Gasteiger partial charge in [-0.3, -0.25) is 4.79 Å². The van der Waals surface area contributed by atoms with Crippen molar-refractivity contribution in [3.05, 3.63) is 53.1 Å². The molecule has 164 valence electrons. The molecule has 2 aromatic carbocycles. The van der Waals surface area contributed by atoms with Gasteiger partial charge in [-0.25, -0.2) is 8.42 Å². The van der Waals surface area contributed by atoms with E-state index in [-0.39, 0.29) is 23.2 Å². The van der Waals surface area contributed by atoms with Gasteiger partial charge in [-0.1, -0.05) is 11.6 Å². The lowest BCUT2D eigenvalue weighted by Gasteiger charge is -2.21. The average Bonchev–Trinajstić information content (AvgIpc) is 2.66. The minimum atomic E-state index is -4.64. The second-order valence-electron chi connectivity index (χ2n) is 6.73. The molecule has 0 spiro atoms. The molecular formula is C19H21ClF3N3O3S. The maximum absolute atomic E-state index is 12.9. The number of carbonyl (C=O) groups excluding carboxylic acids is 1. The van der Waals surface area contributed by atoms with E-state index in [1.54, 1.807) is 13.8 Å². The van der Waals surface area contributed by atoms with Gasteiger partial charge in [0.05, 0.1) is 22.0 Å². The first-order valence-electron chi connectivity index (χ1n) is 8.81. The van der Waals surface area contributed by atoms with Crippen molar-refractivity contribution in [1.82, 2.24) is 4.31 Å². The molecule has 0 radical (unpaired) electrons. The molecule has 0 aromatic heterocycles. The predicted octanol–water partition coefficient (Wildman–Crippen LogP) is 4.44. The minimum absolute atomic E-state index is 0.0447. The summed E-state index contributed by atoms with van der Waals surface area (Å²) >= 11 is 5.55. The van der Waals surface area contributed by atoms with Crippen molar-refractivity contribution in [1.29, 1.82) is 0 Å². The molecule has 0 bridgehead atoms. The fourth-order valence-corrected chi connectivity index (χ4v) is 3.99. The van der Waals surface area contributed by atoms with Crippen LogP contribution in [0.5, 0.6) is 0 Å². The highest BCUT2D eigenvalue weighted by Crippen LogP contribution is 2.36. The van der Waals surface area contributed by atoms with Crippen LogP contribution in [0, 0.1) is 0 Å². The monoisotopic (exact) mass is 463 g/mol. The summed E-state index contributed by atoms with van der Waals surface area (Å²) in [6.45, 7) is 3.27. The van der Waals surface area contributed by atoms with E-state index < -0.39 is 32.7 Å². The van der Waals surface area contributed by atoms with Gasteiger partial charge in [-0.2, -0.15) is 17.5 Å². The van der Waals surface area contributed by atoms with Crippen molar-refractivity contribution in [2.24, 2.45) is 0 Å². The number of carbonyl (C=O) groups is 1. The van der Waals surface area contributed by atoms with Gasteiger partial charge in [-0.05, 0) is 56.3 Å². The maximum Gasteiger partial charge on any atom is 0.417 e. The predicted molar refractivity (Wildman–Crippen MR) is 110 cm³/mol. The number of hydrogen-bond acceptors (Lipinski definition) is 4. The van der Waals surface area contributed by atoms with Gasteiger partial charge in [0, 0.05) is 24.5 Å². The summed E-state index contributed by atoms with van der Waals surface area (Å²) in [6.07, 6.45) is -4.64. The summed E-state index contributed by atoms with van der Waals surface area (Å²) in [6, 6.07) is 8.68. The molecule has 0 aliphatic carbocycles. The van der Waals surface area contributed by atoms with Crippen LogP contribution >= 0.6 is 11.6 Å². The molecule has 0 atom stereocenters. The van der Waals surface area contributed by atoms with E-state index in [1.165, 1.54) is 41.7 Å². The Hall–Kier alpha value is -2.30. The van der Waals surface area contributed by atoms with Crippen molar-refractivity contribution in [3.63, 3.8) is 0 Å². The van der Waals surface area contributed by atoms with E-state index in [4.69, 9.17) is 11.6 Å². The van der Waals surface area contributed by atoms with E-state index in [0.29, 0.717) is 5.69 Å². The molecule has 2 rings (SSSR count). The summed E-state index contributed by atoms with van der Waals surface area (Å²) in [5.41, 5.74) is -0.613. The number of sulfonamides is 1. The first-order chi connectivity index (χ1) is 13.8. The van der Waals surface area contributed by atoms with Gasteiger partial charge in [-0.15, -0.1) is 0 Å². The number of amides is 1. The second kappa shape index (κ2) is 9.23. The smallest absolute Gasteiger partial charge is 0.376 e. The number of nitrogens with zero attached hydrogens (tertiary/aromatic N) is 1. The standard InChI is InChI=1S/C19H21ClF3N3O3S/c1-12(2)26(3)30(28,29)15-7-4-13(5-8-15)24-11-18(27)25-14-6-9-17(20)16(10-14)19(21,22)23/h4-10,12,24H,11H2,1-3H3,(H,25,27). The maximum atomic E-state index is 12.9. The quantitative estimate of drug-likeness (QED) is 0.636. The number of hydrogen-bond donors (Lipinski definition) is 2. The molecule has 0 heterocycles. The molecule has 0 saturated carbocycles. The third-order valence-corrected chi connectivity index (χ3v) is 6.64. The first-order valence-corrected chi connectivity index (χ1v) is 10.6. The highest BCUT2D eigenvalue weighted by Gasteiger charge is 2.33. The highest BCUT2D eigenvalue weighted by atomic mass is 35.5.